The highest BCUT2D eigenvalue weighted by atomic mass is 19.3. The first-order valence-corrected chi connectivity index (χ1v) is 7.77. The number of methoxy groups -OCH3 is 1. The van der Waals surface area contributed by atoms with Gasteiger partial charge in [-0.1, -0.05) is 19.9 Å². The maximum absolute atomic E-state index is 14.3. The number of aryl methyl sites for hydroxylation is 1. The summed E-state index contributed by atoms with van der Waals surface area (Å²) in [7, 11) is 1.59. The van der Waals surface area contributed by atoms with Crippen molar-refractivity contribution in [2.75, 3.05) is 13.7 Å². The molecule has 0 heterocycles. The van der Waals surface area contributed by atoms with Gasteiger partial charge in [0.05, 0.1) is 6.61 Å². The highest BCUT2D eigenvalue weighted by Crippen LogP contribution is 2.32. The molecule has 1 atom stereocenters. The summed E-state index contributed by atoms with van der Waals surface area (Å²) in [5.74, 6) is -1.25. The van der Waals surface area contributed by atoms with Crippen LogP contribution in [0.25, 0.3) is 0 Å². The van der Waals surface area contributed by atoms with E-state index in [1.165, 1.54) is 6.07 Å². The molecule has 6 heteroatoms. The molecule has 0 aliphatic rings. The second-order valence-corrected chi connectivity index (χ2v) is 6.17. The van der Waals surface area contributed by atoms with Gasteiger partial charge in [-0.05, 0) is 42.4 Å². The zero-order chi connectivity index (χ0) is 17.6. The first-order valence-electron chi connectivity index (χ1n) is 7.77. The molecule has 23 heavy (non-hydrogen) atoms. The van der Waals surface area contributed by atoms with Gasteiger partial charge in [0, 0.05) is 20.1 Å². The Morgan fingerprint density at radius 3 is 2.43 bits per heavy atom. The van der Waals surface area contributed by atoms with Crippen LogP contribution in [0.3, 0.4) is 0 Å². The van der Waals surface area contributed by atoms with E-state index in [1.807, 2.05) is 13.8 Å². The quantitative estimate of drug-likeness (QED) is 0.735. The molecule has 0 aliphatic heterocycles. The number of alkyl halides is 2. The Hall–Kier alpha value is -1.27. The third kappa shape index (κ3) is 6.79. The Kier molecular flexibility index (Phi) is 7.35. The van der Waals surface area contributed by atoms with Crippen molar-refractivity contribution in [2.45, 2.75) is 58.1 Å². The molecule has 0 unspecified atom stereocenters. The lowest BCUT2D eigenvalue weighted by Gasteiger charge is -2.18. The molecule has 132 valence electrons. The van der Waals surface area contributed by atoms with Gasteiger partial charge in [-0.15, -0.1) is 0 Å². The van der Waals surface area contributed by atoms with Gasteiger partial charge >= 0.3 is 6.11 Å². The van der Waals surface area contributed by atoms with Crippen LogP contribution in [0.4, 0.5) is 13.2 Å². The predicted octanol–water partition coefficient (Wildman–Crippen LogP) is 4.24. The van der Waals surface area contributed by atoms with Crippen LogP contribution < -0.4 is 10.5 Å². The van der Waals surface area contributed by atoms with Crippen LogP contribution in [0.1, 0.15) is 50.7 Å². The van der Waals surface area contributed by atoms with Gasteiger partial charge in [0.15, 0.2) is 11.6 Å². The standard InChI is InChI=1S/C17H26F3NO2/c1-11(2)14-8-12(6-5-7-13(21)10-22-4)9-15(16(14)18)23-17(3,19)20/h8-9,11,13H,5-7,10,21H2,1-4H3/t13-/m1/s1. The van der Waals surface area contributed by atoms with Gasteiger partial charge in [-0.25, -0.2) is 4.39 Å². The summed E-state index contributed by atoms with van der Waals surface area (Å²) in [6.45, 7) is 4.68. The molecule has 0 saturated carbocycles. The van der Waals surface area contributed by atoms with Crippen molar-refractivity contribution in [3.8, 4) is 5.75 Å². The van der Waals surface area contributed by atoms with Crippen LogP contribution in [-0.2, 0) is 11.2 Å². The lowest BCUT2D eigenvalue weighted by Crippen LogP contribution is -2.25. The Labute approximate surface area is 136 Å². The number of hydrogen-bond acceptors (Lipinski definition) is 3. The molecular weight excluding hydrogens is 307 g/mol. The van der Waals surface area contributed by atoms with E-state index in [2.05, 4.69) is 4.74 Å². The Bertz CT molecular complexity index is 501. The maximum Gasteiger partial charge on any atom is 0.395 e. The number of hydrogen-bond donors (Lipinski definition) is 1. The minimum atomic E-state index is -3.42. The van der Waals surface area contributed by atoms with Gasteiger partial charge in [0.1, 0.15) is 0 Å². The first kappa shape index (κ1) is 19.8. The summed E-state index contributed by atoms with van der Waals surface area (Å²) in [6, 6.07) is 2.99. The van der Waals surface area contributed by atoms with Gasteiger partial charge < -0.3 is 15.2 Å². The van der Waals surface area contributed by atoms with Crippen molar-refractivity contribution in [1.82, 2.24) is 0 Å². The molecule has 0 radical (unpaired) electrons. The monoisotopic (exact) mass is 333 g/mol. The molecule has 0 aliphatic carbocycles. The summed E-state index contributed by atoms with van der Waals surface area (Å²) in [4.78, 5) is 0. The summed E-state index contributed by atoms with van der Waals surface area (Å²) in [5, 5.41) is 0. The smallest absolute Gasteiger partial charge is 0.395 e. The Morgan fingerprint density at radius 2 is 1.91 bits per heavy atom. The van der Waals surface area contributed by atoms with Crippen LogP contribution in [0.15, 0.2) is 12.1 Å². The molecule has 0 fully saturated rings. The van der Waals surface area contributed by atoms with Crippen LogP contribution >= 0.6 is 0 Å². The third-order valence-electron chi connectivity index (χ3n) is 3.46. The number of nitrogens with two attached hydrogens (primary N) is 1. The molecule has 0 spiro atoms. The van der Waals surface area contributed by atoms with Crippen molar-refractivity contribution >= 4 is 0 Å². The second kappa shape index (κ2) is 8.55. The largest absolute Gasteiger partial charge is 0.430 e. The number of rotatable bonds is 9. The highest BCUT2D eigenvalue weighted by Gasteiger charge is 2.26. The summed E-state index contributed by atoms with van der Waals surface area (Å²) < 4.78 is 49.9. The first-order chi connectivity index (χ1) is 10.6. The van der Waals surface area contributed by atoms with E-state index in [1.54, 1.807) is 13.2 Å². The normalized spacial score (nSPS) is 13.4. The molecule has 0 amide bonds. The SMILES string of the molecule is COC[C@H](N)CCCc1cc(OC(C)(F)F)c(F)c(C(C)C)c1. The minimum Gasteiger partial charge on any atom is -0.430 e. The van der Waals surface area contributed by atoms with Crippen LogP contribution in [0, 0.1) is 5.82 Å². The van der Waals surface area contributed by atoms with Gasteiger partial charge in [0.25, 0.3) is 0 Å². The molecule has 3 nitrogen and oxygen atoms in total. The average Bonchev–Trinajstić information content (AvgIpc) is 2.40. The topological polar surface area (TPSA) is 44.5 Å². The summed E-state index contributed by atoms with van der Waals surface area (Å²) in [6.07, 6.45) is -1.31. The van der Waals surface area contributed by atoms with E-state index in [-0.39, 0.29) is 12.0 Å². The lowest BCUT2D eigenvalue weighted by atomic mass is 9.96. The van der Waals surface area contributed by atoms with Gasteiger partial charge in [-0.3, -0.25) is 0 Å². The lowest BCUT2D eigenvalue weighted by molar-refractivity contribution is -0.160. The van der Waals surface area contributed by atoms with E-state index in [0.29, 0.717) is 25.5 Å². The number of ether oxygens (including phenoxy) is 2. The number of benzene rings is 1. The molecule has 1 aromatic rings. The van der Waals surface area contributed by atoms with E-state index < -0.39 is 17.7 Å². The molecule has 0 bridgehead atoms. The predicted molar refractivity (Wildman–Crippen MR) is 84.5 cm³/mol. The zero-order valence-electron chi connectivity index (χ0n) is 14.2. The second-order valence-electron chi connectivity index (χ2n) is 6.17. The van der Waals surface area contributed by atoms with Gasteiger partial charge in [0.2, 0.25) is 0 Å². The van der Waals surface area contributed by atoms with Crippen LogP contribution in [0.5, 0.6) is 5.75 Å². The van der Waals surface area contributed by atoms with E-state index in [0.717, 1.165) is 18.4 Å². The van der Waals surface area contributed by atoms with Gasteiger partial charge in [-0.2, -0.15) is 8.78 Å². The van der Waals surface area contributed by atoms with Crippen molar-refractivity contribution in [2.24, 2.45) is 5.73 Å². The summed E-state index contributed by atoms with van der Waals surface area (Å²) in [5.41, 5.74) is 7.00. The molecule has 1 aromatic carbocycles. The van der Waals surface area contributed by atoms with Crippen molar-refractivity contribution < 1.29 is 22.6 Å². The highest BCUT2D eigenvalue weighted by molar-refractivity contribution is 5.38. The van der Waals surface area contributed by atoms with E-state index in [4.69, 9.17) is 10.5 Å². The molecule has 2 N–H and O–H groups in total. The molecule has 0 aromatic heterocycles. The fourth-order valence-electron chi connectivity index (χ4n) is 2.38. The van der Waals surface area contributed by atoms with Crippen molar-refractivity contribution in [3.05, 3.63) is 29.1 Å². The van der Waals surface area contributed by atoms with Crippen LogP contribution in [0.2, 0.25) is 0 Å². The number of halogens is 3. The molecule has 0 saturated heterocycles. The maximum atomic E-state index is 14.3. The minimum absolute atomic E-state index is 0.0688. The van der Waals surface area contributed by atoms with Crippen LogP contribution in [-0.4, -0.2) is 25.9 Å². The zero-order valence-corrected chi connectivity index (χ0v) is 14.2. The Morgan fingerprint density at radius 1 is 1.26 bits per heavy atom. The summed E-state index contributed by atoms with van der Waals surface area (Å²) >= 11 is 0. The third-order valence-corrected chi connectivity index (χ3v) is 3.46. The molecular formula is C17H26F3NO2. The Balaban J connectivity index is 2.90. The van der Waals surface area contributed by atoms with E-state index in [9.17, 15) is 13.2 Å². The van der Waals surface area contributed by atoms with Crippen molar-refractivity contribution in [3.63, 3.8) is 0 Å². The fraction of sp³-hybridized carbons (Fsp3) is 0.647. The van der Waals surface area contributed by atoms with E-state index >= 15 is 0 Å². The van der Waals surface area contributed by atoms with Crippen molar-refractivity contribution in [1.29, 1.82) is 0 Å². The average molecular weight is 333 g/mol. The molecule has 1 rings (SSSR count). The fourth-order valence-corrected chi connectivity index (χ4v) is 2.38.